The van der Waals surface area contributed by atoms with Crippen molar-refractivity contribution in [2.75, 3.05) is 4.90 Å². The molecule has 2 aromatic heterocycles. The maximum absolute atomic E-state index is 13.7. The van der Waals surface area contributed by atoms with Crippen LogP contribution in [0.3, 0.4) is 0 Å². The van der Waals surface area contributed by atoms with Crippen molar-refractivity contribution >= 4 is 22.7 Å². The zero-order chi connectivity index (χ0) is 21.3. The zero-order valence-corrected chi connectivity index (χ0v) is 17.9. The number of amides is 1. The second-order valence-corrected chi connectivity index (χ2v) is 7.69. The first-order valence-corrected chi connectivity index (χ1v) is 10.3. The lowest BCUT2D eigenvalue weighted by Gasteiger charge is -2.21. The summed E-state index contributed by atoms with van der Waals surface area (Å²) < 4.78 is 6.13. The van der Waals surface area contributed by atoms with Gasteiger partial charge in [0.2, 0.25) is 0 Å². The van der Waals surface area contributed by atoms with Gasteiger partial charge in [-0.3, -0.25) is 9.69 Å². The van der Waals surface area contributed by atoms with E-state index < -0.39 is 0 Å². The molecular weight excluding hydrogens is 372 g/mol. The minimum atomic E-state index is -0.181. The predicted octanol–water partition coefficient (Wildman–Crippen LogP) is 6.16. The molecule has 0 fully saturated rings. The van der Waals surface area contributed by atoms with E-state index in [0.29, 0.717) is 18.1 Å². The molecule has 0 atom stereocenters. The summed E-state index contributed by atoms with van der Waals surface area (Å²) in [6, 6.07) is 18.0. The molecule has 1 amide bonds. The van der Waals surface area contributed by atoms with E-state index in [0.717, 1.165) is 39.6 Å². The normalized spacial score (nSPS) is 11.1. The average molecular weight is 399 g/mol. The quantitative estimate of drug-likeness (QED) is 0.404. The number of carbonyl (C=O) groups excluding carboxylic acids is 1. The third-order valence-corrected chi connectivity index (χ3v) is 5.76. The van der Waals surface area contributed by atoms with Crippen LogP contribution in [0.4, 0.5) is 5.82 Å². The minimum Gasteiger partial charge on any atom is -0.450 e. The van der Waals surface area contributed by atoms with Crippen molar-refractivity contribution in [2.24, 2.45) is 0 Å². The summed E-state index contributed by atoms with van der Waals surface area (Å²) in [5.41, 5.74) is 6.17. The second kappa shape index (κ2) is 8.15. The standard InChI is InChI=1S/C26H26N2O2/c1-5-20-10-12-21(13-11-20)16-28(23-8-6-7-15-27-23)26(29)25-19(4)22-14-9-17(2)18(3)24(22)30-25/h6-15H,5,16H2,1-4H3. The lowest BCUT2D eigenvalue weighted by Crippen LogP contribution is -2.31. The number of nitrogens with zero attached hydrogens (tertiary/aromatic N) is 2. The third-order valence-electron chi connectivity index (χ3n) is 5.76. The minimum absolute atomic E-state index is 0.181. The summed E-state index contributed by atoms with van der Waals surface area (Å²) in [7, 11) is 0. The number of aryl methyl sites for hydroxylation is 4. The lowest BCUT2D eigenvalue weighted by molar-refractivity contribution is 0.0959. The smallest absolute Gasteiger partial charge is 0.295 e. The average Bonchev–Trinajstić information content (AvgIpc) is 3.12. The van der Waals surface area contributed by atoms with Crippen molar-refractivity contribution in [3.63, 3.8) is 0 Å². The molecule has 4 rings (SSSR count). The molecule has 152 valence electrons. The van der Waals surface area contributed by atoms with E-state index in [9.17, 15) is 4.79 Å². The monoisotopic (exact) mass is 398 g/mol. The first kappa shape index (κ1) is 19.9. The van der Waals surface area contributed by atoms with E-state index in [-0.39, 0.29) is 5.91 Å². The molecule has 0 aliphatic carbocycles. The number of pyridine rings is 1. The summed E-state index contributed by atoms with van der Waals surface area (Å²) in [4.78, 5) is 19.8. The number of hydrogen-bond acceptors (Lipinski definition) is 3. The number of rotatable bonds is 5. The molecule has 0 unspecified atom stereocenters. The lowest BCUT2D eigenvalue weighted by atomic mass is 10.0. The molecular formula is C26H26N2O2. The van der Waals surface area contributed by atoms with Gasteiger partial charge in [-0.25, -0.2) is 4.98 Å². The van der Waals surface area contributed by atoms with E-state index >= 15 is 0 Å². The SMILES string of the molecule is CCc1ccc(CN(C(=O)c2oc3c(C)c(C)ccc3c2C)c2ccccn2)cc1. The molecule has 0 saturated heterocycles. The van der Waals surface area contributed by atoms with Crippen molar-refractivity contribution in [2.45, 2.75) is 40.7 Å². The maximum Gasteiger partial charge on any atom is 0.295 e. The van der Waals surface area contributed by atoms with E-state index in [1.807, 2.05) is 45.0 Å². The largest absolute Gasteiger partial charge is 0.450 e. The Hall–Kier alpha value is -3.40. The van der Waals surface area contributed by atoms with Crippen molar-refractivity contribution in [3.8, 4) is 0 Å². The van der Waals surface area contributed by atoms with Gasteiger partial charge in [0, 0.05) is 17.1 Å². The van der Waals surface area contributed by atoms with E-state index in [4.69, 9.17) is 4.42 Å². The molecule has 4 aromatic rings. The van der Waals surface area contributed by atoms with Gasteiger partial charge in [-0.2, -0.15) is 0 Å². The summed E-state index contributed by atoms with van der Waals surface area (Å²) in [6.07, 6.45) is 2.69. The van der Waals surface area contributed by atoms with Gasteiger partial charge < -0.3 is 4.42 Å². The molecule has 30 heavy (non-hydrogen) atoms. The summed E-state index contributed by atoms with van der Waals surface area (Å²) in [6.45, 7) is 8.58. The number of anilines is 1. The van der Waals surface area contributed by atoms with E-state index in [2.05, 4.69) is 42.2 Å². The molecule has 2 heterocycles. The van der Waals surface area contributed by atoms with Gasteiger partial charge in [-0.1, -0.05) is 49.4 Å². The molecule has 2 aromatic carbocycles. The van der Waals surface area contributed by atoms with Crippen molar-refractivity contribution in [3.05, 3.63) is 94.4 Å². The Bertz CT molecular complexity index is 1190. The Kier molecular flexibility index (Phi) is 5.40. The number of benzene rings is 2. The second-order valence-electron chi connectivity index (χ2n) is 7.69. The van der Waals surface area contributed by atoms with Gasteiger partial charge in [0.15, 0.2) is 5.76 Å². The van der Waals surface area contributed by atoms with Crippen LogP contribution in [0.1, 0.15) is 45.3 Å². The Morgan fingerprint density at radius 3 is 2.33 bits per heavy atom. The number of fused-ring (bicyclic) bond motifs is 1. The van der Waals surface area contributed by atoms with Crippen molar-refractivity contribution < 1.29 is 9.21 Å². The molecule has 0 radical (unpaired) electrons. The molecule has 0 saturated carbocycles. The topological polar surface area (TPSA) is 46.3 Å². The summed E-state index contributed by atoms with van der Waals surface area (Å²) >= 11 is 0. The summed E-state index contributed by atoms with van der Waals surface area (Å²) in [5.74, 6) is 0.795. The predicted molar refractivity (Wildman–Crippen MR) is 121 cm³/mol. The van der Waals surface area contributed by atoms with Crippen LogP contribution in [0.25, 0.3) is 11.0 Å². The fraction of sp³-hybridized carbons (Fsp3) is 0.231. The summed E-state index contributed by atoms with van der Waals surface area (Å²) in [5, 5.41) is 0.981. The first-order chi connectivity index (χ1) is 14.5. The van der Waals surface area contributed by atoms with E-state index in [1.54, 1.807) is 11.1 Å². The highest BCUT2D eigenvalue weighted by Gasteiger charge is 2.26. The van der Waals surface area contributed by atoms with Gasteiger partial charge >= 0.3 is 0 Å². The number of furan rings is 1. The number of aromatic nitrogens is 1. The van der Waals surface area contributed by atoms with Gasteiger partial charge in [0.1, 0.15) is 11.4 Å². The molecule has 0 spiro atoms. The van der Waals surface area contributed by atoms with Crippen LogP contribution in [0.5, 0.6) is 0 Å². The molecule has 4 nitrogen and oxygen atoms in total. The Morgan fingerprint density at radius 2 is 1.67 bits per heavy atom. The highest BCUT2D eigenvalue weighted by Crippen LogP contribution is 2.31. The first-order valence-electron chi connectivity index (χ1n) is 10.3. The van der Waals surface area contributed by atoms with Gasteiger partial charge in [-0.05, 0) is 61.6 Å². The fourth-order valence-corrected chi connectivity index (χ4v) is 3.68. The number of hydrogen-bond donors (Lipinski definition) is 0. The van der Waals surface area contributed by atoms with Crippen LogP contribution in [-0.2, 0) is 13.0 Å². The van der Waals surface area contributed by atoms with Gasteiger partial charge in [0.25, 0.3) is 5.91 Å². The number of carbonyl (C=O) groups is 1. The molecule has 0 N–H and O–H groups in total. The van der Waals surface area contributed by atoms with Crippen LogP contribution in [0.15, 0.2) is 65.2 Å². The van der Waals surface area contributed by atoms with Gasteiger partial charge in [-0.15, -0.1) is 0 Å². The van der Waals surface area contributed by atoms with Crippen LogP contribution in [0.2, 0.25) is 0 Å². The highest BCUT2D eigenvalue weighted by molar-refractivity contribution is 6.07. The zero-order valence-electron chi connectivity index (χ0n) is 17.9. The van der Waals surface area contributed by atoms with Crippen LogP contribution < -0.4 is 4.90 Å². The fourth-order valence-electron chi connectivity index (χ4n) is 3.68. The molecule has 0 aliphatic rings. The third kappa shape index (κ3) is 3.61. The maximum atomic E-state index is 13.7. The molecule has 0 bridgehead atoms. The van der Waals surface area contributed by atoms with Crippen LogP contribution in [0, 0.1) is 20.8 Å². The Balaban J connectivity index is 1.77. The van der Waals surface area contributed by atoms with Gasteiger partial charge in [0.05, 0.1) is 6.54 Å². The Labute approximate surface area is 177 Å². The molecule has 0 aliphatic heterocycles. The van der Waals surface area contributed by atoms with Crippen molar-refractivity contribution in [1.29, 1.82) is 0 Å². The Morgan fingerprint density at radius 1 is 0.933 bits per heavy atom. The molecule has 4 heteroatoms. The van der Waals surface area contributed by atoms with Crippen LogP contribution in [-0.4, -0.2) is 10.9 Å². The van der Waals surface area contributed by atoms with Crippen molar-refractivity contribution in [1.82, 2.24) is 4.98 Å². The highest BCUT2D eigenvalue weighted by atomic mass is 16.3. The van der Waals surface area contributed by atoms with Crippen LogP contribution >= 0.6 is 0 Å². The van der Waals surface area contributed by atoms with E-state index in [1.165, 1.54) is 5.56 Å².